The fraction of sp³-hybridized carbons (Fsp3) is 1.00. The molecule has 0 radical (unpaired) electrons. The highest BCUT2D eigenvalue weighted by Crippen LogP contribution is 2.07. The first-order valence-electron chi connectivity index (χ1n) is 3.86. The molecule has 5 heteroatoms. The van der Waals surface area contributed by atoms with Crippen molar-refractivity contribution in [2.75, 3.05) is 25.7 Å². The van der Waals surface area contributed by atoms with Gasteiger partial charge in [0.2, 0.25) is 10.0 Å². The van der Waals surface area contributed by atoms with Gasteiger partial charge in [0.1, 0.15) is 0 Å². The van der Waals surface area contributed by atoms with Crippen molar-refractivity contribution in [1.82, 2.24) is 4.31 Å². The minimum atomic E-state index is -3.03. The quantitative estimate of drug-likeness (QED) is 0.643. The maximum atomic E-state index is 11.2. The maximum absolute atomic E-state index is 11.2. The van der Waals surface area contributed by atoms with Gasteiger partial charge in [-0.25, -0.2) is 12.7 Å². The van der Waals surface area contributed by atoms with E-state index in [0.29, 0.717) is 12.3 Å². The molecule has 1 unspecified atom stereocenters. The number of alkyl halides is 1. The van der Waals surface area contributed by atoms with E-state index in [1.165, 1.54) is 4.31 Å². The zero-order valence-electron chi connectivity index (χ0n) is 7.75. The molecule has 0 bridgehead atoms. The first-order valence-corrected chi connectivity index (χ1v) is 6.00. The molecule has 0 fully saturated rings. The van der Waals surface area contributed by atoms with Gasteiger partial charge in [0.15, 0.2) is 0 Å². The molecule has 0 aromatic rings. The third kappa shape index (κ3) is 4.28. The second-order valence-electron chi connectivity index (χ2n) is 3.15. The summed E-state index contributed by atoms with van der Waals surface area (Å²) in [6, 6.07) is 0. The van der Waals surface area contributed by atoms with Crippen molar-refractivity contribution in [2.24, 2.45) is 5.92 Å². The molecule has 3 nitrogen and oxygen atoms in total. The van der Waals surface area contributed by atoms with Crippen LogP contribution in [0.4, 0.5) is 0 Å². The van der Waals surface area contributed by atoms with Crippen molar-refractivity contribution in [2.45, 2.75) is 13.3 Å². The lowest BCUT2D eigenvalue weighted by Crippen LogP contribution is -2.26. The monoisotopic (exact) mass is 213 g/mol. The smallest absolute Gasteiger partial charge is 0.212 e. The van der Waals surface area contributed by atoms with Gasteiger partial charge in [-0.1, -0.05) is 6.92 Å². The van der Waals surface area contributed by atoms with Crippen molar-refractivity contribution in [3.63, 3.8) is 0 Å². The van der Waals surface area contributed by atoms with Gasteiger partial charge >= 0.3 is 0 Å². The third-order valence-corrected chi connectivity index (χ3v) is 4.08. The van der Waals surface area contributed by atoms with Crippen LogP contribution in [-0.4, -0.2) is 38.5 Å². The van der Waals surface area contributed by atoms with Gasteiger partial charge in [-0.2, -0.15) is 0 Å². The van der Waals surface area contributed by atoms with Crippen LogP contribution in [0.5, 0.6) is 0 Å². The first kappa shape index (κ1) is 12.2. The fourth-order valence-corrected chi connectivity index (χ4v) is 1.83. The average molecular weight is 214 g/mol. The van der Waals surface area contributed by atoms with Crippen LogP contribution in [0, 0.1) is 5.92 Å². The number of hydrogen-bond acceptors (Lipinski definition) is 2. The summed E-state index contributed by atoms with van der Waals surface area (Å²) < 4.78 is 23.7. The van der Waals surface area contributed by atoms with Crippen molar-refractivity contribution < 1.29 is 8.42 Å². The molecule has 0 aliphatic carbocycles. The zero-order chi connectivity index (χ0) is 9.78. The first-order chi connectivity index (χ1) is 5.40. The summed E-state index contributed by atoms with van der Waals surface area (Å²) in [6.07, 6.45) is 0.629. The van der Waals surface area contributed by atoms with E-state index < -0.39 is 10.0 Å². The molecule has 0 rings (SSSR count). The van der Waals surface area contributed by atoms with Crippen LogP contribution in [0.15, 0.2) is 0 Å². The lowest BCUT2D eigenvalue weighted by atomic mass is 10.2. The van der Waals surface area contributed by atoms with E-state index >= 15 is 0 Å². The highest BCUT2D eigenvalue weighted by Gasteiger charge is 2.14. The van der Waals surface area contributed by atoms with Crippen LogP contribution in [0.1, 0.15) is 13.3 Å². The number of sulfonamides is 1. The highest BCUT2D eigenvalue weighted by atomic mass is 35.5. The minimum absolute atomic E-state index is 0.188. The van der Waals surface area contributed by atoms with Crippen molar-refractivity contribution in [3.8, 4) is 0 Å². The Balaban J connectivity index is 3.94. The molecule has 0 aliphatic rings. The molecule has 0 amide bonds. The van der Waals surface area contributed by atoms with Crippen LogP contribution in [0.3, 0.4) is 0 Å². The van der Waals surface area contributed by atoms with E-state index in [9.17, 15) is 8.42 Å². The Kier molecular flexibility index (Phi) is 5.13. The molecule has 0 aliphatic heterocycles. The molecule has 12 heavy (non-hydrogen) atoms. The Hall–Kier alpha value is 0.200. The average Bonchev–Trinajstić information content (AvgIpc) is 2.00. The molecular formula is C7H16ClNO2S. The van der Waals surface area contributed by atoms with Gasteiger partial charge in [0.25, 0.3) is 0 Å². The lowest BCUT2D eigenvalue weighted by molar-refractivity contribution is 0.510. The number of halogens is 1. The van der Waals surface area contributed by atoms with E-state index in [1.54, 1.807) is 14.1 Å². The predicted octanol–water partition coefficient (Wildman–Crippen LogP) is 1.14. The summed E-state index contributed by atoms with van der Waals surface area (Å²) in [5.41, 5.74) is 0. The Morgan fingerprint density at radius 2 is 1.92 bits per heavy atom. The molecule has 0 N–H and O–H groups in total. The van der Waals surface area contributed by atoms with Crippen molar-refractivity contribution >= 4 is 21.6 Å². The molecule has 0 aromatic carbocycles. The molecule has 0 spiro atoms. The summed E-state index contributed by atoms with van der Waals surface area (Å²) in [7, 11) is 0.0560. The van der Waals surface area contributed by atoms with E-state index in [-0.39, 0.29) is 11.7 Å². The second-order valence-corrected chi connectivity index (χ2v) is 5.76. The van der Waals surface area contributed by atoms with Crippen LogP contribution < -0.4 is 0 Å². The normalized spacial score (nSPS) is 15.1. The summed E-state index contributed by atoms with van der Waals surface area (Å²) in [5, 5.41) is 0. The summed E-state index contributed by atoms with van der Waals surface area (Å²) in [6.45, 7) is 1.94. The van der Waals surface area contributed by atoms with Crippen LogP contribution in [-0.2, 0) is 10.0 Å². The largest absolute Gasteiger partial charge is 0.213 e. The summed E-state index contributed by atoms with van der Waals surface area (Å²) in [4.78, 5) is 0. The standard InChI is InChI=1S/C7H16ClNO2S/c1-7(6-8)4-5-12(10,11)9(2)3/h7H,4-6H2,1-3H3. The van der Waals surface area contributed by atoms with E-state index in [0.717, 1.165) is 0 Å². The maximum Gasteiger partial charge on any atom is 0.213 e. The molecule has 0 saturated carbocycles. The lowest BCUT2D eigenvalue weighted by Gasteiger charge is -2.12. The molecular weight excluding hydrogens is 198 g/mol. The fourth-order valence-electron chi connectivity index (χ4n) is 0.610. The Morgan fingerprint density at radius 3 is 2.25 bits per heavy atom. The molecule has 0 aromatic heterocycles. The van der Waals surface area contributed by atoms with E-state index in [1.807, 2.05) is 6.92 Å². The number of rotatable bonds is 5. The molecule has 0 heterocycles. The minimum Gasteiger partial charge on any atom is -0.212 e. The van der Waals surface area contributed by atoms with E-state index in [4.69, 9.17) is 11.6 Å². The van der Waals surface area contributed by atoms with Crippen LogP contribution >= 0.6 is 11.6 Å². The Morgan fingerprint density at radius 1 is 1.42 bits per heavy atom. The Bertz CT molecular complexity index is 213. The van der Waals surface area contributed by atoms with Gasteiger partial charge in [-0.05, 0) is 12.3 Å². The predicted molar refractivity (Wildman–Crippen MR) is 52.0 cm³/mol. The van der Waals surface area contributed by atoms with Crippen molar-refractivity contribution in [3.05, 3.63) is 0 Å². The van der Waals surface area contributed by atoms with Crippen molar-refractivity contribution in [1.29, 1.82) is 0 Å². The molecule has 0 saturated heterocycles. The van der Waals surface area contributed by atoms with Gasteiger partial charge in [0.05, 0.1) is 5.75 Å². The second kappa shape index (κ2) is 5.04. The number of nitrogens with zero attached hydrogens (tertiary/aromatic N) is 1. The zero-order valence-corrected chi connectivity index (χ0v) is 9.32. The molecule has 1 atom stereocenters. The SMILES string of the molecule is CC(CCl)CCS(=O)(=O)N(C)C. The van der Waals surface area contributed by atoms with Crippen LogP contribution in [0.2, 0.25) is 0 Å². The summed E-state index contributed by atoms with van der Waals surface area (Å²) in [5.74, 6) is 0.970. The van der Waals surface area contributed by atoms with Gasteiger partial charge < -0.3 is 0 Å². The van der Waals surface area contributed by atoms with Gasteiger partial charge in [-0.3, -0.25) is 0 Å². The van der Waals surface area contributed by atoms with Gasteiger partial charge in [-0.15, -0.1) is 11.6 Å². The topological polar surface area (TPSA) is 37.4 Å². The number of hydrogen-bond donors (Lipinski definition) is 0. The highest BCUT2D eigenvalue weighted by molar-refractivity contribution is 7.89. The summed E-state index contributed by atoms with van der Waals surface area (Å²) >= 11 is 5.55. The van der Waals surface area contributed by atoms with Gasteiger partial charge in [0, 0.05) is 20.0 Å². The third-order valence-electron chi connectivity index (χ3n) is 1.69. The Labute approximate surface area is 79.8 Å². The molecule has 74 valence electrons. The van der Waals surface area contributed by atoms with E-state index in [2.05, 4.69) is 0 Å². The van der Waals surface area contributed by atoms with Crippen LogP contribution in [0.25, 0.3) is 0 Å².